The SMILES string of the molecule is O=C(O)CON=Cc1ccc(-c2ccc(F)cc2)o1. The molecule has 98 valence electrons. The number of nitrogens with zero attached hydrogens (tertiary/aromatic N) is 1. The van der Waals surface area contributed by atoms with E-state index in [1.165, 1.54) is 18.3 Å². The summed E-state index contributed by atoms with van der Waals surface area (Å²) in [6.45, 7) is -0.512. The van der Waals surface area contributed by atoms with Gasteiger partial charge in [-0.15, -0.1) is 0 Å². The summed E-state index contributed by atoms with van der Waals surface area (Å²) >= 11 is 0. The van der Waals surface area contributed by atoms with Gasteiger partial charge in [-0.1, -0.05) is 5.16 Å². The summed E-state index contributed by atoms with van der Waals surface area (Å²) in [7, 11) is 0. The number of benzene rings is 1. The van der Waals surface area contributed by atoms with Gasteiger partial charge in [0, 0.05) is 5.56 Å². The second-order valence-corrected chi connectivity index (χ2v) is 3.61. The molecule has 2 aromatic rings. The van der Waals surface area contributed by atoms with Gasteiger partial charge in [-0.3, -0.25) is 0 Å². The van der Waals surface area contributed by atoms with Crippen molar-refractivity contribution in [3.05, 3.63) is 48.0 Å². The predicted molar refractivity (Wildman–Crippen MR) is 65.3 cm³/mol. The number of hydrogen-bond donors (Lipinski definition) is 1. The Hall–Kier alpha value is -2.63. The van der Waals surface area contributed by atoms with Crippen molar-refractivity contribution in [1.29, 1.82) is 0 Å². The quantitative estimate of drug-likeness (QED) is 0.664. The molecule has 0 saturated heterocycles. The van der Waals surface area contributed by atoms with Crippen LogP contribution in [0, 0.1) is 5.82 Å². The predicted octanol–water partition coefficient (Wildman–Crippen LogP) is 2.52. The van der Waals surface area contributed by atoms with Crippen LogP contribution in [0.15, 0.2) is 46.0 Å². The lowest BCUT2D eigenvalue weighted by molar-refractivity contribution is -0.142. The second kappa shape index (κ2) is 5.81. The molecule has 2 rings (SSSR count). The highest BCUT2D eigenvalue weighted by molar-refractivity contribution is 5.77. The molecule has 0 spiro atoms. The monoisotopic (exact) mass is 263 g/mol. The van der Waals surface area contributed by atoms with Crippen molar-refractivity contribution in [1.82, 2.24) is 0 Å². The molecular formula is C13H10FNO4. The van der Waals surface area contributed by atoms with Crippen LogP contribution in [0.3, 0.4) is 0 Å². The van der Waals surface area contributed by atoms with Gasteiger partial charge in [0.05, 0.1) is 0 Å². The number of rotatable bonds is 5. The Bertz CT molecular complexity index is 589. The highest BCUT2D eigenvalue weighted by Gasteiger charge is 2.03. The van der Waals surface area contributed by atoms with Crippen molar-refractivity contribution in [2.75, 3.05) is 6.61 Å². The van der Waals surface area contributed by atoms with Crippen molar-refractivity contribution in [2.24, 2.45) is 5.16 Å². The summed E-state index contributed by atoms with van der Waals surface area (Å²) in [5, 5.41) is 11.8. The molecule has 0 saturated carbocycles. The van der Waals surface area contributed by atoms with E-state index in [-0.39, 0.29) is 5.82 Å². The number of aliphatic carboxylic acids is 1. The van der Waals surface area contributed by atoms with Gasteiger partial charge in [0.1, 0.15) is 23.6 Å². The van der Waals surface area contributed by atoms with Crippen molar-refractivity contribution in [3.8, 4) is 11.3 Å². The Morgan fingerprint density at radius 1 is 1.32 bits per heavy atom. The Morgan fingerprint density at radius 2 is 2.05 bits per heavy atom. The number of carbonyl (C=O) groups is 1. The summed E-state index contributed by atoms with van der Waals surface area (Å²) in [6, 6.07) is 9.20. The molecule has 0 aliphatic heterocycles. The van der Waals surface area contributed by atoms with Crippen LogP contribution in [0.4, 0.5) is 4.39 Å². The third kappa shape index (κ3) is 3.67. The molecule has 0 bridgehead atoms. The zero-order chi connectivity index (χ0) is 13.7. The summed E-state index contributed by atoms with van der Waals surface area (Å²) < 4.78 is 18.2. The Kier molecular flexibility index (Phi) is 3.92. The number of hydrogen-bond acceptors (Lipinski definition) is 4. The summed E-state index contributed by atoms with van der Waals surface area (Å²) in [5.74, 6) is -0.466. The lowest BCUT2D eigenvalue weighted by Crippen LogP contribution is -2.03. The van der Waals surface area contributed by atoms with Crippen LogP contribution in [0.2, 0.25) is 0 Å². The van der Waals surface area contributed by atoms with E-state index in [9.17, 15) is 9.18 Å². The molecule has 1 heterocycles. The molecule has 0 amide bonds. The van der Waals surface area contributed by atoms with E-state index < -0.39 is 12.6 Å². The van der Waals surface area contributed by atoms with Gasteiger partial charge < -0.3 is 14.4 Å². The first-order valence-corrected chi connectivity index (χ1v) is 5.38. The minimum atomic E-state index is -1.11. The first-order valence-electron chi connectivity index (χ1n) is 5.38. The van der Waals surface area contributed by atoms with Crippen LogP contribution in [0.25, 0.3) is 11.3 Å². The molecule has 0 aliphatic rings. The molecule has 0 radical (unpaired) electrons. The Balaban J connectivity index is 2.02. The summed E-state index contributed by atoms with van der Waals surface area (Å²) in [6.07, 6.45) is 1.26. The third-order valence-corrected chi connectivity index (χ3v) is 2.20. The van der Waals surface area contributed by atoms with E-state index in [1.807, 2.05) is 0 Å². The van der Waals surface area contributed by atoms with Crippen molar-refractivity contribution >= 4 is 12.2 Å². The molecule has 0 fully saturated rings. The Labute approximate surface area is 107 Å². The van der Waals surface area contributed by atoms with Crippen molar-refractivity contribution in [2.45, 2.75) is 0 Å². The van der Waals surface area contributed by atoms with E-state index in [4.69, 9.17) is 9.52 Å². The van der Waals surface area contributed by atoms with Gasteiger partial charge in [-0.25, -0.2) is 9.18 Å². The molecule has 1 aromatic carbocycles. The van der Waals surface area contributed by atoms with Gasteiger partial charge in [0.25, 0.3) is 0 Å². The molecular weight excluding hydrogens is 253 g/mol. The number of furan rings is 1. The van der Waals surface area contributed by atoms with Crippen molar-refractivity contribution in [3.63, 3.8) is 0 Å². The molecule has 1 aromatic heterocycles. The largest absolute Gasteiger partial charge is 0.479 e. The average Bonchev–Trinajstić information content (AvgIpc) is 2.84. The Morgan fingerprint density at radius 3 is 2.74 bits per heavy atom. The number of halogens is 1. The first kappa shape index (κ1) is 12.8. The normalized spacial score (nSPS) is 10.8. The van der Waals surface area contributed by atoms with Crippen molar-refractivity contribution < 1.29 is 23.5 Å². The second-order valence-electron chi connectivity index (χ2n) is 3.61. The lowest BCUT2D eigenvalue weighted by atomic mass is 10.2. The lowest BCUT2D eigenvalue weighted by Gasteiger charge is -1.95. The van der Waals surface area contributed by atoms with E-state index >= 15 is 0 Å². The standard InChI is InChI=1S/C13H10FNO4/c14-10-3-1-9(2-4-10)12-6-5-11(19-12)7-15-18-8-13(16)17/h1-7H,8H2,(H,16,17). The molecule has 0 unspecified atom stereocenters. The third-order valence-electron chi connectivity index (χ3n) is 2.20. The van der Waals surface area contributed by atoms with Gasteiger partial charge in [-0.05, 0) is 36.4 Å². The van der Waals surface area contributed by atoms with E-state index in [0.29, 0.717) is 11.5 Å². The molecule has 6 heteroatoms. The topological polar surface area (TPSA) is 72.0 Å². The van der Waals surface area contributed by atoms with Crippen LogP contribution in [0.5, 0.6) is 0 Å². The molecule has 1 N–H and O–H groups in total. The number of carboxylic acid groups (broad SMARTS) is 1. The molecule has 5 nitrogen and oxygen atoms in total. The minimum Gasteiger partial charge on any atom is -0.479 e. The highest BCUT2D eigenvalue weighted by Crippen LogP contribution is 2.21. The molecule has 0 aliphatic carbocycles. The van der Waals surface area contributed by atoms with Crippen LogP contribution in [0.1, 0.15) is 5.76 Å². The van der Waals surface area contributed by atoms with Crippen LogP contribution in [-0.2, 0) is 9.63 Å². The maximum absolute atomic E-state index is 12.8. The number of oxime groups is 1. The highest BCUT2D eigenvalue weighted by atomic mass is 19.1. The average molecular weight is 263 g/mol. The van der Waals surface area contributed by atoms with Gasteiger partial charge in [0.15, 0.2) is 0 Å². The zero-order valence-electron chi connectivity index (χ0n) is 9.75. The zero-order valence-corrected chi connectivity index (χ0v) is 9.75. The van der Waals surface area contributed by atoms with E-state index in [2.05, 4.69) is 9.99 Å². The number of carboxylic acids is 1. The summed E-state index contributed by atoms with van der Waals surface area (Å²) in [5.41, 5.74) is 0.729. The van der Waals surface area contributed by atoms with Crippen LogP contribution >= 0.6 is 0 Å². The van der Waals surface area contributed by atoms with E-state index in [0.717, 1.165) is 5.56 Å². The molecule has 19 heavy (non-hydrogen) atoms. The van der Waals surface area contributed by atoms with Crippen LogP contribution < -0.4 is 0 Å². The maximum Gasteiger partial charge on any atom is 0.344 e. The first-order chi connectivity index (χ1) is 9.15. The van der Waals surface area contributed by atoms with Gasteiger partial charge >= 0.3 is 5.97 Å². The fraction of sp³-hybridized carbons (Fsp3) is 0.0769. The fourth-order valence-electron chi connectivity index (χ4n) is 1.37. The van der Waals surface area contributed by atoms with Gasteiger partial charge in [-0.2, -0.15) is 0 Å². The maximum atomic E-state index is 12.8. The van der Waals surface area contributed by atoms with Gasteiger partial charge in [0.2, 0.25) is 6.61 Å². The smallest absolute Gasteiger partial charge is 0.344 e. The van der Waals surface area contributed by atoms with E-state index in [1.54, 1.807) is 24.3 Å². The fourth-order valence-corrected chi connectivity index (χ4v) is 1.37. The molecule has 0 atom stereocenters. The summed E-state index contributed by atoms with van der Waals surface area (Å²) in [4.78, 5) is 14.7. The minimum absolute atomic E-state index is 0.320. The van der Waals surface area contributed by atoms with Crippen LogP contribution in [-0.4, -0.2) is 23.9 Å².